The van der Waals surface area contributed by atoms with E-state index in [-0.39, 0.29) is 0 Å². The van der Waals surface area contributed by atoms with Crippen molar-refractivity contribution in [3.05, 3.63) is 28.7 Å². The fourth-order valence-electron chi connectivity index (χ4n) is 0.788. The summed E-state index contributed by atoms with van der Waals surface area (Å²) in [6, 6.07) is 8.22. The van der Waals surface area contributed by atoms with Gasteiger partial charge in [0.15, 0.2) is 0 Å². The van der Waals surface area contributed by atoms with E-state index in [1.807, 2.05) is 12.1 Å². The van der Waals surface area contributed by atoms with Crippen LogP contribution in [0.25, 0.3) is 0 Å². The van der Waals surface area contributed by atoms with Crippen LogP contribution < -0.4 is 4.99 Å². The molecule has 0 saturated carbocycles. The molecule has 1 aromatic carbocycles. The summed E-state index contributed by atoms with van der Waals surface area (Å²) >= 11 is 3.97. The maximum atomic E-state index is 3.40. The van der Waals surface area contributed by atoms with Crippen molar-refractivity contribution in [2.75, 3.05) is 0 Å². The molecule has 0 bridgehead atoms. The molecule has 3 heteroatoms. The predicted molar refractivity (Wildman–Crippen MR) is 57.1 cm³/mol. The van der Waals surface area contributed by atoms with Crippen molar-refractivity contribution in [1.29, 1.82) is 0 Å². The van der Waals surface area contributed by atoms with Gasteiger partial charge in [-0.05, 0) is 0 Å². The number of hydrogen-bond donors (Lipinski definition) is 1. The van der Waals surface area contributed by atoms with E-state index in [9.17, 15) is 0 Å². The minimum atomic E-state index is 0.576. The number of nitrogens with one attached hydrogen (secondary N) is 1. The van der Waals surface area contributed by atoms with Crippen LogP contribution in [0.15, 0.2) is 28.7 Å². The molecule has 1 rings (SSSR count). The zero-order chi connectivity index (χ0) is 8.97. The van der Waals surface area contributed by atoms with Crippen LogP contribution >= 0.6 is 15.9 Å². The van der Waals surface area contributed by atoms with Crippen molar-refractivity contribution in [3.8, 4) is 0 Å². The number of hydrogen-bond acceptors (Lipinski definition) is 0. The van der Waals surface area contributed by atoms with E-state index in [0.29, 0.717) is 15.0 Å². The molecule has 0 fully saturated rings. The van der Waals surface area contributed by atoms with Crippen molar-refractivity contribution >= 4 is 41.2 Å². The molecule has 1 N–H and O–H groups in total. The third-order valence-corrected chi connectivity index (χ3v) is 3.50. The van der Waals surface area contributed by atoms with E-state index in [2.05, 4.69) is 45.8 Å². The Kier molecular flexibility index (Phi) is 3.99. The van der Waals surface area contributed by atoms with E-state index in [4.69, 9.17) is 0 Å². The van der Waals surface area contributed by atoms with Gasteiger partial charge in [0, 0.05) is 0 Å². The van der Waals surface area contributed by atoms with Gasteiger partial charge in [0.25, 0.3) is 0 Å². The second kappa shape index (κ2) is 4.80. The molecule has 0 amide bonds. The average Bonchev–Trinajstić information content (AvgIpc) is 2.09. The quantitative estimate of drug-likeness (QED) is 0.624. The summed E-state index contributed by atoms with van der Waals surface area (Å²) in [4.78, 5) is 3.34. The zero-order valence-corrected chi connectivity index (χ0v) is 10.4. The van der Waals surface area contributed by atoms with Crippen molar-refractivity contribution in [3.63, 3.8) is 0 Å². The fourth-order valence-corrected chi connectivity index (χ4v) is 1.51. The molecule has 0 heterocycles. The predicted octanol–water partition coefficient (Wildman–Crippen LogP) is 1.33. The first-order chi connectivity index (χ1) is 5.72. The van der Waals surface area contributed by atoms with Crippen molar-refractivity contribution in [1.82, 2.24) is 0 Å². The maximum absolute atomic E-state index is 3.40. The molecule has 0 aliphatic heterocycles. The van der Waals surface area contributed by atoms with Crippen LogP contribution in [0.5, 0.6) is 0 Å². The number of halogens is 1. The SMILES string of the molecule is C[Se]C(C)=[NH+]c1ccc(Br)cc1. The van der Waals surface area contributed by atoms with Gasteiger partial charge in [0.05, 0.1) is 0 Å². The molecule has 0 atom stereocenters. The molecule has 0 radical (unpaired) electrons. The molecule has 64 valence electrons. The van der Waals surface area contributed by atoms with E-state index in [0.717, 1.165) is 4.47 Å². The number of rotatable bonds is 2. The zero-order valence-electron chi connectivity index (χ0n) is 7.10. The van der Waals surface area contributed by atoms with Crippen molar-refractivity contribution in [2.24, 2.45) is 0 Å². The Bertz CT molecular complexity index is 279. The Labute approximate surface area is 87.6 Å². The van der Waals surface area contributed by atoms with Crippen LogP contribution in [0.3, 0.4) is 0 Å². The molecule has 12 heavy (non-hydrogen) atoms. The summed E-state index contributed by atoms with van der Waals surface area (Å²) in [5.41, 5.74) is 1.17. The molecular formula is C9H11BrNSe+. The molecular weight excluding hydrogens is 281 g/mol. The van der Waals surface area contributed by atoms with E-state index in [1.165, 1.54) is 10.3 Å². The molecule has 1 nitrogen and oxygen atoms in total. The van der Waals surface area contributed by atoms with Gasteiger partial charge in [0.1, 0.15) is 0 Å². The van der Waals surface area contributed by atoms with Crippen molar-refractivity contribution < 1.29 is 4.99 Å². The third kappa shape index (κ3) is 3.10. The summed E-state index contributed by atoms with van der Waals surface area (Å²) < 4.78 is 2.47. The van der Waals surface area contributed by atoms with Crippen LogP contribution in [0.1, 0.15) is 6.92 Å². The van der Waals surface area contributed by atoms with Crippen LogP contribution in [-0.4, -0.2) is 19.6 Å². The first kappa shape index (κ1) is 9.97. The van der Waals surface area contributed by atoms with E-state index < -0.39 is 0 Å². The van der Waals surface area contributed by atoms with Crippen LogP contribution in [0.2, 0.25) is 5.82 Å². The van der Waals surface area contributed by atoms with Gasteiger partial charge in [-0.15, -0.1) is 0 Å². The molecule has 0 spiro atoms. The second-order valence-electron chi connectivity index (χ2n) is 2.39. The summed E-state index contributed by atoms with van der Waals surface area (Å²) in [6.45, 7) is 2.13. The third-order valence-electron chi connectivity index (χ3n) is 1.47. The fraction of sp³-hybridized carbons (Fsp3) is 0.222. The van der Waals surface area contributed by atoms with Gasteiger partial charge < -0.3 is 0 Å². The topological polar surface area (TPSA) is 14.0 Å². The van der Waals surface area contributed by atoms with Crippen LogP contribution in [0, 0.1) is 0 Å². The molecule has 0 saturated heterocycles. The monoisotopic (exact) mass is 292 g/mol. The molecule has 0 aliphatic rings. The average molecular weight is 292 g/mol. The van der Waals surface area contributed by atoms with Crippen LogP contribution in [-0.2, 0) is 0 Å². The Morgan fingerprint density at radius 3 is 2.42 bits per heavy atom. The Morgan fingerprint density at radius 1 is 1.33 bits per heavy atom. The summed E-state index contributed by atoms with van der Waals surface area (Å²) in [6.07, 6.45) is 0. The first-order valence-electron chi connectivity index (χ1n) is 3.62. The Morgan fingerprint density at radius 2 is 1.92 bits per heavy atom. The molecule has 0 unspecified atom stereocenters. The number of benzene rings is 1. The standard InChI is InChI=1S/C9H10BrNSe/c1-7(12-2)11-9-5-3-8(10)4-6-9/h3-6H,1-2H3/p+1. The van der Waals surface area contributed by atoms with Crippen LogP contribution in [0.4, 0.5) is 5.69 Å². The van der Waals surface area contributed by atoms with Crippen molar-refractivity contribution in [2.45, 2.75) is 12.7 Å². The summed E-state index contributed by atoms with van der Waals surface area (Å²) in [5.74, 6) is 2.20. The second-order valence-corrected chi connectivity index (χ2v) is 5.45. The van der Waals surface area contributed by atoms with Gasteiger partial charge in [0.2, 0.25) is 0 Å². The van der Waals surface area contributed by atoms with Gasteiger partial charge in [-0.3, -0.25) is 0 Å². The van der Waals surface area contributed by atoms with E-state index in [1.54, 1.807) is 0 Å². The van der Waals surface area contributed by atoms with Gasteiger partial charge in [-0.1, -0.05) is 0 Å². The normalized spacial score (nSPS) is 11.8. The van der Waals surface area contributed by atoms with Gasteiger partial charge in [-0.25, -0.2) is 0 Å². The molecule has 0 aliphatic carbocycles. The van der Waals surface area contributed by atoms with Gasteiger partial charge in [-0.2, -0.15) is 0 Å². The summed E-state index contributed by atoms with van der Waals surface area (Å²) in [7, 11) is 0. The Hall–Kier alpha value is -0.111. The Balaban J connectivity index is 2.84. The molecule has 1 aromatic rings. The first-order valence-corrected chi connectivity index (χ1v) is 6.99. The summed E-state index contributed by atoms with van der Waals surface area (Å²) in [5, 5.41) is 0. The molecule has 0 aromatic heterocycles. The van der Waals surface area contributed by atoms with E-state index >= 15 is 0 Å². The van der Waals surface area contributed by atoms with Gasteiger partial charge >= 0.3 is 87.7 Å². The minimum absolute atomic E-state index is 0.576.